The topological polar surface area (TPSA) is 26.3 Å². The summed E-state index contributed by atoms with van der Waals surface area (Å²) in [7, 11) is 0. The molecule has 0 bridgehead atoms. The maximum atomic E-state index is 10.9. The number of esters is 1. The van der Waals surface area contributed by atoms with E-state index in [0.29, 0.717) is 12.5 Å². The molecule has 0 saturated carbocycles. The summed E-state index contributed by atoms with van der Waals surface area (Å²) in [5.41, 5.74) is 0. The van der Waals surface area contributed by atoms with Crippen LogP contribution in [-0.4, -0.2) is 12.6 Å². The largest absolute Gasteiger partial charge is 0.462 e. The SMILES string of the molecule is C=CC(=O)OCC(CC)CCCCCC. The molecular weight excluding hydrogens is 188 g/mol. The number of ether oxygens (including phenoxy) is 1. The van der Waals surface area contributed by atoms with Crippen molar-refractivity contribution in [2.75, 3.05) is 6.61 Å². The molecule has 0 radical (unpaired) electrons. The number of unbranched alkanes of at least 4 members (excludes halogenated alkanes) is 3. The van der Waals surface area contributed by atoms with Crippen molar-refractivity contribution in [2.24, 2.45) is 5.92 Å². The zero-order valence-corrected chi connectivity index (χ0v) is 10.1. The van der Waals surface area contributed by atoms with Gasteiger partial charge in [-0.3, -0.25) is 0 Å². The van der Waals surface area contributed by atoms with Gasteiger partial charge in [-0.25, -0.2) is 4.79 Å². The van der Waals surface area contributed by atoms with Crippen molar-refractivity contribution in [2.45, 2.75) is 52.4 Å². The van der Waals surface area contributed by atoms with E-state index in [1.807, 2.05) is 0 Å². The lowest BCUT2D eigenvalue weighted by molar-refractivity contribution is -0.139. The minimum atomic E-state index is -0.304. The average Bonchev–Trinajstić information content (AvgIpc) is 2.27. The number of carbonyl (C=O) groups excluding carboxylic acids is 1. The van der Waals surface area contributed by atoms with Gasteiger partial charge in [-0.15, -0.1) is 0 Å². The van der Waals surface area contributed by atoms with Crippen LogP contribution in [-0.2, 0) is 9.53 Å². The van der Waals surface area contributed by atoms with E-state index in [0.717, 1.165) is 6.42 Å². The van der Waals surface area contributed by atoms with Gasteiger partial charge in [0, 0.05) is 6.08 Å². The predicted octanol–water partition coefficient (Wildman–Crippen LogP) is 3.71. The lowest BCUT2D eigenvalue weighted by Crippen LogP contribution is -2.12. The molecule has 1 unspecified atom stereocenters. The highest BCUT2D eigenvalue weighted by molar-refractivity contribution is 5.81. The van der Waals surface area contributed by atoms with Gasteiger partial charge in [0.15, 0.2) is 0 Å². The molecular formula is C13H24O2. The summed E-state index contributed by atoms with van der Waals surface area (Å²) in [6.45, 7) is 8.28. The van der Waals surface area contributed by atoms with E-state index < -0.39 is 0 Å². The second-order valence-corrected chi connectivity index (χ2v) is 3.96. The lowest BCUT2D eigenvalue weighted by atomic mass is 9.99. The molecule has 0 fully saturated rings. The molecule has 0 aliphatic rings. The Morgan fingerprint density at radius 2 is 2.07 bits per heavy atom. The first-order valence-corrected chi connectivity index (χ1v) is 6.03. The summed E-state index contributed by atoms with van der Waals surface area (Å²) in [4.78, 5) is 10.9. The fourth-order valence-electron chi connectivity index (χ4n) is 1.52. The normalized spacial score (nSPS) is 12.1. The molecule has 88 valence electrons. The summed E-state index contributed by atoms with van der Waals surface area (Å²) >= 11 is 0. The van der Waals surface area contributed by atoms with Crippen molar-refractivity contribution in [1.82, 2.24) is 0 Å². The highest BCUT2D eigenvalue weighted by atomic mass is 16.5. The first kappa shape index (κ1) is 14.2. The van der Waals surface area contributed by atoms with E-state index in [1.165, 1.54) is 38.2 Å². The molecule has 0 aliphatic carbocycles. The zero-order valence-electron chi connectivity index (χ0n) is 10.1. The second-order valence-electron chi connectivity index (χ2n) is 3.96. The molecule has 0 aromatic heterocycles. The lowest BCUT2D eigenvalue weighted by Gasteiger charge is -2.13. The smallest absolute Gasteiger partial charge is 0.330 e. The Balaban J connectivity index is 3.54. The molecule has 0 amide bonds. The standard InChI is InChI=1S/C13H24O2/c1-4-7-8-9-10-12(5-2)11-15-13(14)6-3/h6,12H,3-5,7-11H2,1-2H3. The molecule has 2 heteroatoms. The minimum absolute atomic E-state index is 0.304. The van der Waals surface area contributed by atoms with Gasteiger partial charge in [-0.05, 0) is 12.3 Å². The minimum Gasteiger partial charge on any atom is -0.462 e. The van der Waals surface area contributed by atoms with Gasteiger partial charge in [0.2, 0.25) is 0 Å². The third kappa shape index (κ3) is 8.22. The fraction of sp³-hybridized carbons (Fsp3) is 0.769. The van der Waals surface area contributed by atoms with Crippen LogP contribution >= 0.6 is 0 Å². The monoisotopic (exact) mass is 212 g/mol. The van der Waals surface area contributed by atoms with Crippen LogP contribution in [0.15, 0.2) is 12.7 Å². The van der Waals surface area contributed by atoms with Gasteiger partial charge in [0.05, 0.1) is 6.61 Å². The van der Waals surface area contributed by atoms with Crippen molar-refractivity contribution in [3.63, 3.8) is 0 Å². The molecule has 0 aliphatic heterocycles. The van der Waals surface area contributed by atoms with E-state index in [2.05, 4.69) is 20.4 Å². The number of hydrogen-bond acceptors (Lipinski definition) is 2. The van der Waals surface area contributed by atoms with Crippen molar-refractivity contribution >= 4 is 5.97 Å². The first-order valence-electron chi connectivity index (χ1n) is 6.03. The van der Waals surface area contributed by atoms with Crippen LogP contribution in [0.1, 0.15) is 52.4 Å². The Kier molecular flexibility index (Phi) is 9.24. The van der Waals surface area contributed by atoms with E-state index in [-0.39, 0.29) is 5.97 Å². The van der Waals surface area contributed by atoms with Crippen LogP contribution in [0, 0.1) is 5.92 Å². The molecule has 0 aromatic carbocycles. The predicted molar refractivity (Wildman–Crippen MR) is 63.7 cm³/mol. The van der Waals surface area contributed by atoms with Crippen molar-refractivity contribution in [3.8, 4) is 0 Å². The Labute approximate surface area is 93.7 Å². The summed E-state index contributed by atoms with van der Waals surface area (Å²) in [5.74, 6) is 0.216. The highest BCUT2D eigenvalue weighted by Gasteiger charge is 2.08. The Morgan fingerprint density at radius 3 is 2.60 bits per heavy atom. The number of carbonyl (C=O) groups is 1. The van der Waals surface area contributed by atoms with Gasteiger partial charge in [-0.1, -0.05) is 52.5 Å². The number of rotatable bonds is 9. The fourth-order valence-corrected chi connectivity index (χ4v) is 1.52. The van der Waals surface area contributed by atoms with Crippen molar-refractivity contribution in [1.29, 1.82) is 0 Å². The molecule has 0 rings (SSSR count). The molecule has 2 nitrogen and oxygen atoms in total. The van der Waals surface area contributed by atoms with Crippen LogP contribution in [0.3, 0.4) is 0 Å². The summed E-state index contributed by atoms with van der Waals surface area (Å²) in [6, 6.07) is 0. The van der Waals surface area contributed by atoms with Crippen molar-refractivity contribution < 1.29 is 9.53 Å². The first-order chi connectivity index (χ1) is 7.24. The quantitative estimate of drug-likeness (QED) is 0.331. The van der Waals surface area contributed by atoms with Crippen LogP contribution in [0.4, 0.5) is 0 Å². The van der Waals surface area contributed by atoms with Crippen LogP contribution < -0.4 is 0 Å². The Morgan fingerprint density at radius 1 is 1.33 bits per heavy atom. The van der Waals surface area contributed by atoms with Gasteiger partial charge in [0.1, 0.15) is 0 Å². The highest BCUT2D eigenvalue weighted by Crippen LogP contribution is 2.14. The van der Waals surface area contributed by atoms with Crippen LogP contribution in [0.5, 0.6) is 0 Å². The zero-order chi connectivity index (χ0) is 11.5. The van der Waals surface area contributed by atoms with Crippen LogP contribution in [0.25, 0.3) is 0 Å². The molecule has 0 N–H and O–H groups in total. The molecule has 0 spiro atoms. The van der Waals surface area contributed by atoms with Gasteiger partial charge in [-0.2, -0.15) is 0 Å². The number of hydrogen-bond donors (Lipinski definition) is 0. The Bertz CT molecular complexity index is 175. The van der Waals surface area contributed by atoms with E-state index >= 15 is 0 Å². The third-order valence-electron chi connectivity index (χ3n) is 2.67. The van der Waals surface area contributed by atoms with E-state index in [9.17, 15) is 4.79 Å². The van der Waals surface area contributed by atoms with Gasteiger partial charge < -0.3 is 4.74 Å². The Hall–Kier alpha value is -0.790. The maximum Gasteiger partial charge on any atom is 0.330 e. The van der Waals surface area contributed by atoms with Crippen LogP contribution in [0.2, 0.25) is 0 Å². The van der Waals surface area contributed by atoms with Gasteiger partial charge in [0.25, 0.3) is 0 Å². The average molecular weight is 212 g/mol. The third-order valence-corrected chi connectivity index (χ3v) is 2.67. The second kappa shape index (κ2) is 9.75. The van der Waals surface area contributed by atoms with E-state index in [1.54, 1.807) is 0 Å². The summed E-state index contributed by atoms with van der Waals surface area (Å²) < 4.78 is 5.04. The molecule has 0 saturated heterocycles. The molecule has 1 atom stereocenters. The summed E-state index contributed by atoms with van der Waals surface area (Å²) in [6.07, 6.45) is 8.59. The van der Waals surface area contributed by atoms with E-state index in [4.69, 9.17) is 4.74 Å². The van der Waals surface area contributed by atoms with Gasteiger partial charge >= 0.3 is 5.97 Å². The summed E-state index contributed by atoms with van der Waals surface area (Å²) in [5, 5.41) is 0. The molecule has 0 heterocycles. The maximum absolute atomic E-state index is 10.9. The molecule has 15 heavy (non-hydrogen) atoms. The van der Waals surface area contributed by atoms with Crippen molar-refractivity contribution in [3.05, 3.63) is 12.7 Å². The molecule has 0 aromatic rings.